The summed E-state index contributed by atoms with van der Waals surface area (Å²) in [7, 11) is 0. The van der Waals surface area contributed by atoms with Crippen LogP contribution in [-0.2, 0) is 24.0 Å². The van der Waals surface area contributed by atoms with Gasteiger partial charge in [0.2, 0.25) is 0 Å². The molecule has 5 N–H and O–H groups in total. The predicted molar refractivity (Wildman–Crippen MR) is 87.5 cm³/mol. The highest BCUT2D eigenvalue weighted by Crippen LogP contribution is 1.97. The van der Waals surface area contributed by atoms with Gasteiger partial charge in [-0.25, -0.2) is 0 Å². The molecule has 13 nitrogen and oxygen atoms in total. The number of hydrogen-bond donors (Lipinski definition) is 5. The van der Waals surface area contributed by atoms with E-state index in [1.165, 1.54) is 4.90 Å². The summed E-state index contributed by atoms with van der Waals surface area (Å²) in [6.07, 6.45) is 0. The van der Waals surface area contributed by atoms with Crippen LogP contribution in [0, 0.1) is 0 Å². The maximum absolute atomic E-state index is 11.0. The van der Waals surface area contributed by atoms with E-state index in [1.807, 2.05) is 0 Å². The molecule has 0 aliphatic rings. The summed E-state index contributed by atoms with van der Waals surface area (Å²) in [5.41, 5.74) is 0. The van der Waals surface area contributed by atoms with Gasteiger partial charge in [-0.05, 0) is 0 Å². The van der Waals surface area contributed by atoms with Gasteiger partial charge in [0.1, 0.15) is 0 Å². The highest BCUT2D eigenvalue weighted by atomic mass is 16.4. The summed E-state index contributed by atoms with van der Waals surface area (Å²) in [6.45, 7) is -2.74. The maximum atomic E-state index is 11.0. The predicted octanol–water partition coefficient (Wildman–Crippen LogP) is -2.68. The molecule has 0 spiro atoms. The van der Waals surface area contributed by atoms with E-state index in [-0.39, 0.29) is 26.2 Å². The van der Waals surface area contributed by atoms with Crippen molar-refractivity contribution < 1.29 is 49.5 Å². The number of nitrogens with zero attached hydrogens (tertiary/aromatic N) is 3. The van der Waals surface area contributed by atoms with Gasteiger partial charge in [0, 0.05) is 26.2 Å². The lowest BCUT2D eigenvalue weighted by atomic mass is 10.5. The minimum absolute atomic E-state index is 0.000836. The molecule has 0 heterocycles. The van der Waals surface area contributed by atoms with E-state index in [0.29, 0.717) is 0 Å². The van der Waals surface area contributed by atoms with Crippen LogP contribution in [0.2, 0.25) is 0 Å². The molecule has 0 aliphatic heterocycles. The monoisotopic (exact) mass is 398 g/mol. The molecule has 0 radical (unpaired) electrons. The first-order valence-electron chi connectivity index (χ1n) is 7.75. The second-order valence-electron chi connectivity index (χ2n) is 5.67. The van der Waals surface area contributed by atoms with Crippen molar-refractivity contribution >= 4 is 29.8 Å². The molecule has 154 valence electrons. The first kappa shape index (κ1) is 24.2. The standard InChI is InChI=1S/C14H23N3O10/c18-10(19)5-15(1-3-16(6-11(20)21)7-12(22)23)2-4-17(8-13(24)25)9-14(26)27/h1-9H2,(H,18,19)(H,20,21)(H,22,23)(H,24,25)(H,26,27)/i5+1,6+1,7+1,8+1,9+1. The third-order valence-electron chi connectivity index (χ3n) is 3.26. The molecule has 0 saturated carbocycles. The van der Waals surface area contributed by atoms with E-state index < -0.39 is 62.6 Å². The maximum Gasteiger partial charge on any atom is 0.317 e. The minimum Gasteiger partial charge on any atom is -0.480 e. The SMILES string of the molecule is O=C(O)[13CH2]N(CCN([13CH2]C(=O)O)[13CH2]C(=O)O)CCN([13CH2]C(=O)O)[13CH2]C(=O)O. The molecule has 0 unspecified atom stereocenters. The third-order valence-corrected chi connectivity index (χ3v) is 3.26. The fourth-order valence-electron chi connectivity index (χ4n) is 2.22. The highest BCUT2D eigenvalue weighted by Gasteiger charge is 2.19. The molecule has 0 fully saturated rings. The second-order valence-corrected chi connectivity index (χ2v) is 5.67. The van der Waals surface area contributed by atoms with Crippen molar-refractivity contribution in [2.75, 3.05) is 58.9 Å². The number of carbonyl (C=O) groups is 5. The van der Waals surface area contributed by atoms with E-state index >= 15 is 0 Å². The molecule has 0 aromatic rings. The normalized spacial score (nSPS) is 11.1. The van der Waals surface area contributed by atoms with Crippen molar-refractivity contribution in [3.8, 4) is 0 Å². The van der Waals surface area contributed by atoms with Crippen LogP contribution in [0.4, 0.5) is 0 Å². The van der Waals surface area contributed by atoms with Gasteiger partial charge in [0.25, 0.3) is 0 Å². The van der Waals surface area contributed by atoms with Gasteiger partial charge in [-0.1, -0.05) is 0 Å². The summed E-state index contributed by atoms with van der Waals surface area (Å²) >= 11 is 0. The molecule has 0 amide bonds. The molecule has 0 saturated heterocycles. The molecule has 0 aromatic heterocycles. The number of carboxylic acids is 5. The van der Waals surface area contributed by atoms with Gasteiger partial charge < -0.3 is 25.5 Å². The lowest BCUT2D eigenvalue weighted by Crippen LogP contribution is -2.45. The molecule has 13 heteroatoms. The summed E-state index contributed by atoms with van der Waals surface area (Å²) < 4.78 is 0. The van der Waals surface area contributed by atoms with Crippen LogP contribution in [0.25, 0.3) is 0 Å². The highest BCUT2D eigenvalue weighted by molar-refractivity contribution is 5.73. The topological polar surface area (TPSA) is 196 Å². The van der Waals surface area contributed by atoms with Crippen molar-refractivity contribution in [1.29, 1.82) is 0 Å². The van der Waals surface area contributed by atoms with Crippen LogP contribution in [0.3, 0.4) is 0 Å². The van der Waals surface area contributed by atoms with Crippen LogP contribution in [-0.4, -0.2) is 129 Å². The van der Waals surface area contributed by atoms with Crippen LogP contribution < -0.4 is 0 Å². The van der Waals surface area contributed by atoms with E-state index in [2.05, 4.69) is 0 Å². The van der Waals surface area contributed by atoms with Crippen molar-refractivity contribution in [2.45, 2.75) is 0 Å². The Bertz CT molecular complexity index is 481. The Kier molecular flexibility index (Phi) is 11.3. The average Bonchev–Trinajstić information content (AvgIpc) is 2.46. The molecular weight excluding hydrogens is 375 g/mol. The van der Waals surface area contributed by atoms with E-state index in [4.69, 9.17) is 25.5 Å². The van der Waals surface area contributed by atoms with Gasteiger partial charge in [-0.15, -0.1) is 0 Å². The third kappa shape index (κ3) is 14.1. The van der Waals surface area contributed by atoms with Crippen molar-refractivity contribution in [1.82, 2.24) is 14.7 Å². The zero-order valence-corrected chi connectivity index (χ0v) is 14.5. The number of hydrogen-bond acceptors (Lipinski definition) is 8. The summed E-state index contributed by atoms with van der Waals surface area (Å²) in [5.74, 6) is -6.16. The summed E-state index contributed by atoms with van der Waals surface area (Å²) in [4.78, 5) is 57.6. The van der Waals surface area contributed by atoms with Gasteiger partial charge in [0.05, 0.1) is 32.7 Å². The molecule has 0 aliphatic carbocycles. The summed E-state index contributed by atoms with van der Waals surface area (Å²) in [6, 6.07) is 0. The summed E-state index contributed by atoms with van der Waals surface area (Å²) in [5, 5.41) is 44.1. The first-order valence-corrected chi connectivity index (χ1v) is 7.75. The van der Waals surface area contributed by atoms with Crippen LogP contribution in [0.15, 0.2) is 0 Å². The minimum atomic E-state index is -1.24. The number of rotatable bonds is 16. The zero-order valence-electron chi connectivity index (χ0n) is 14.5. The first-order chi connectivity index (χ1) is 12.5. The van der Waals surface area contributed by atoms with Gasteiger partial charge in [-0.3, -0.25) is 38.7 Å². The number of carboxylic acid groups (broad SMARTS) is 5. The Morgan fingerprint density at radius 3 is 0.815 bits per heavy atom. The Morgan fingerprint density at radius 2 is 0.593 bits per heavy atom. The molecular formula is C14H23N3O10. The fourth-order valence-corrected chi connectivity index (χ4v) is 2.22. The molecule has 0 bridgehead atoms. The smallest absolute Gasteiger partial charge is 0.317 e. The molecule has 0 atom stereocenters. The van der Waals surface area contributed by atoms with Crippen molar-refractivity contribution in [3.05, 3.63) is 0 Å². The Labute approximate surface area is 154 Å². The Hall–Kier alpha value is -2.77. The fraction of sp³-hybridized carbons (Fsp3) is 0.643. The molecule has 0 aromatic carbocycles. The van der Waals surface area contributed by atoms with Crippen LogP contribution >= 0.6 is 0 Å². The van der Waals surface area contributed by atoms with Crippen LogP contribution in [0.5, 0.6) is 0 Å². The van der Waals surface area contributed by atoms with Gasteiger partial charge >= 0.3 is 29.8 Å². The quantitative estimate of drug-likeness (QED) is 0.169. The van der Waals surface area contributed by atoms with E-state index in [1.54, 1.807) is 0 Å². The van der Waals surface area contributed by atoms with Gasteiger partial charge in [0.15, 0.2) is 0 Å². The molecule has 0 rings (SSSR count). The Balaban J connectivity index is 4.85. The van der Waals surface area contributed by atoms with Crippen molar-refractivity contribution in [2.24, 2.45) is 0 Å². The second kappa shape index (κ2) is 12.6. The van der Waals surface area contributed by atoms with Crippen LogP contribution in [0.1, 0.15) is 0 Å². The van der Waals surface area contributed by atoms with E-state index in [9.17, 15) is 24.0 Å². The Morgan fingerprint density at radius 1 is 0.407 bits per heavy atom. The number of aliphatic carboxylic acids is 5. The average molecular weight is 398 g/mol. The lowest BCUT2D eigenvalue weighted by molar-refractivity contribution is -0.143. The van der Waals surface area contributed by atoms with Crippen molar-refractivity contribution in [3.63, 3.8) is 0 Å². The van der Waals surface area contributed by atoms with E-state index in [0.717, 1.165) is 9.80 Å². The largest absolute Gasteiger partial charge is 0.480 e. The lowest BCUT2D eigenvalue weighted by Gasteiger charge is -2.27. The van der Waals surface area contributed by atoms with Gasteiger partial charge in [-0.2, -0.15) is 0 Å². The zero-order chi connectivity index (χ0) is 21.0. The molecule has 27 heavy (non-hydrogen) atoms.